The van der Waals surface area contributed by atoms with Crippen molar-refractivity contribution < 1.29 is 9.59 Å². The number of amides is 2. The number of carbonyl (C=O) groups is 2. The van der Waals surface area contributed by atoms with Crippen molar-refractivity contribution in [3.63, 3.8) is 0 Å². The monoisotopic (exact) mass is 321 g/mol. The smallest absolute Gasteiger partial charge is 0.225 e. The molecule has 2 aliphatic heterocycles. The molecular weight excluding hydrogens is 290 g/mol. The van der Waals surface area contributed by atoms with Gasteiger partial charge >= 0.3 is 0 Å². The van der Waals surface area contributed by atoms with Gasteiger partial charge in [-0.1, -0.05) is 6.92 Å². The first-order valence-electron chi connectivity index (χ1n) is 9.15. The Hall–Kier alpha value is -1.10. The quantitative estimate of drug-likeness (QED) is 0.789. The Kier molecular flexibility index (Phi) is 4.68. The fourth-order valence-electron chi connectivity index (χ4n) is 4.56. The van der Waals surface area contributed by atoms with Crippen LogP contribution >= 0.6 is 0 Å². The second-order valence-corrected chi connectivity index (χ2v) is 8.17. The van der Waals surface area contributed by atoms with Gasteiger partial charge < -0.3 is 14.7 Å². The number of nitrogens with zero attached hydrogens (tertiary/aromatic N) is 3. The van der Waals surface area contributed by atoms with Gasteiger partial charge in [0.25, 0.3) is 0 Å². The van der Waals surface area contributed by atoms with Crippen molar-refractivity contribution >= 4 is 11.8 Å². The average Bonchev–Trinajstić information content (AvgIpc) is 2.78. The third-order valence-corrected chi connectivity index (χ3v) is 6.18. The van der Waals surface area contributed by atoms with Crippen molar-refractivity contribution in [3.8, 4) is 0 Å². The molecule has 1 aliphatic carbocycles. The first-order valence-corrected chi connectivity index (χ1v) is 9.15. The predicted molar refractivity (Wildman–Crippen MR) is 89.9 cm³/mol. The van der Waals surface area contributed by atoms with E-state index in [4.69, 9.17) is 0 Å². The topological polar surface area (TPSA) is 43.9 Å². The molecule has 0 N–H and O–H groups in total. The lowest BCUT2D eigenvalue weighted by Gasteiger charge is -2.46. The fourth-order valence-corrected chi connectivity index (χ4v) is 4.56. The van der Waals surface area contributed by atoms with E-state index < -0.39 is 0 Å². The summed E-state index contributed by atoms with van der Waals surface area (Å²) < 4.78 is 0. The van der Waals surface area contributed by atoms with Crippen molar-refractivity contribution in [3.05, 3.63) is 0 Å². The number of hydrogen-bond acceptors (Lipinski definition) is 3. The van der Waals surface area contributed by atoms with E-state index in [1.807, 2.05) is 14.1 Å². The summed E-state index contributed by atoms with van der Waals surface area (Å²) in [4.78, 5) is 31.2. The molecule has 2 saturated heterocycles. The highest BCUT2D eigenvalue weighted by Crippen LogP contribution is 2.40. The van der Waals surface area contributed by atoms with Crippen LogP contribution in [0.15, 0.2) is 0 Å². The predicted octanol–water partition coefficient (Wildman–Crippen LogP) is 1.58. The number of carbonyl (C=O) groups excluding carboxylic acids is 2. The minimum Gasteiger partial charge on any atom is -0.342 e. The summed E-state index contributed by atoms with van der Waals surface area (Å²) in [6, 6.07) is 0. The van der Waals surface area contributed by atoms with E-state index in [1.54, 1.807) is 0 Å². The molecule has 0 aromatic carbocycles. The van der Waals surface area contributed by atoms with Gasteiger partial charge in [-0.05, 0) is 52.1 Å². The summed E-state index contributed by atoms with van der Waals surface area (Å²) in [6.07, 6.45) is 5.70. The molecule has 0 unspecified atom stereocenters. The van der Waals surface area contributed by atoms with Gasteiger partial charge in [-0.3, -0.25) is 9.59 Å². The zero-order chi connectivity index (χ0) is 16.6. The van der Waals surface area contributed by atoms with E-state index in [0.29, 0.717) is 24.2 Å². The second kappa shape index (κ2) is 6.42. The fraction of sp³-hybridized carbons (Fsp3) is 0.889. The van der Waals surface area contributed by atoms with Gasteiger partial charge in [0.1, 0.15) is 0 Å². The van der Waals surface area contributed by atoms with E-state index >= 15 is 0 Å². The molecule has 0 aromatic rings. The van der Waals surface area contributed by atoms with E-state index in [1.165, 1.54) is 0 Å². The Morgan fingerprint density at radius 2 is 1.87 bits per heavy atom. The summed E-state index contributed by atoms with van der Waals surface area (Å²) >= 11 is 0. The number of piperidine rings is 1. The maximum absolute atomic E-state index is 12.5. The highest BCUT2D eigenvalue weighted by Gasteiger charge is 2.47. The molecule has 0 atom stereocenters. The van der Waals surface area contributed by atoms with Crippen LogP contribution in [0, 0.1) is 11.8 Å². The van der Waals surface area contributed by atoms with Crippen LogP contribution in [0.1, 0.15) is 45.4 Å². The van der Waals surface area contributed by atoms with Crippen molar-refractivity contribution in [2.45, 2.75) is 51.0 Å². The molecule has 1 saturated carbocycles. The normalized spacial score (nSPS) is 30.2. The Bertz CT molecular complexity index is 463. The average molecular weight is 321 g/mol. The largest absolute Gasteiger partial charge is 0.342 e. The molecule has 3 aliphatic rings. The molecule has 0 radical (unpaired) electrons. The molecule has 23 heavy (non-hydrogen) atoms. The van der Waals surface area contributed by atoms with Gasteiger partial charge in [-0.25, -0.2) is 0 Å². The van der Waals surface area contributed by atoms with E-state index in [2.05, 4.69) is 21.6 Å². The molecule has 0 aromatic heterocycles. The minimum absolute atomic E-state index is 0.0246. The van der Waals surface area contributed by atoms with Gasteiger partial charge in [-0.15, -0.1) is 0 Å². The molecule has 2 heterocycles. The van der Waals surface area contributed by atoms with Gasteiger partial charge in [0.05, 0.1) is 0 Å². The van der Waals surface area contributed by atoms with Crippen molar-refractivity contribution in [2.75, 3.05) is 40.3 Å². The summed E-state index contributed by atoms with van der Waals surface area (Å²) in [7, 11) is 4.10. The first-order chi connectivity index (χ1) is 10.9. The Balaban J connectivity index is 1.57. The lowest BCUT2D eigenvalue weighted by atomic mass is 9.75. The maximum atomic E-state index is 12.5. The molecule has 1 spiro atoms. The molecule has 3 rings (SSSR count). The van der Waals surface area contributed by atoms with Crippen LogP contribution in [-0.4, -0.2) is 72.3 Å². The van der Waals surface area contributed by atoms with E-state index in [-0.39, 0.29) is 11.5 Å². The number of rotatable bonds is 4. The van der Waals surface area contributed by atoms with Crippen LogP contribution in [0.3, 0.4) is 0 Å². The molecule has 0 bridgehead atoms. The summed E-state index contributed by atoms with van der Waals surface area (Å²) in [6.45, 7) is 5.61. The van der Waals surface area contributed by atoms with Crippen LogP contribution in [0.25, 0.3) is 0 Å². The highest BCUT2D eigenvalue weighted by molar-refractivity contribution is 5.81. The Morgan fingerprint density at radius 3 is 2.43 bits per heavy atom. The zero-order valence-electron chi connectivity index (χ0n) is 14.9. The van der Waals surface area contributed by atoms with Gasteiger partial charge in [0.15, 0.2) is 0 Å². The summed E-state index contributed by atoms with van der Waals surface area (Å²) in [5, 5.41) is 0. The van der Waals surface area contributed by atoms with Crippen LogP contribution in [0.2, 0.25) is 0 Å². The van der Waals surface area contributed by atoms with E-state index in [0.717, 1.165) is 58.3 Å². The molecule has 130 valence electrons. The van der Waals surface area contributed by atoms with Gasteiger partial charge in [0, 0.05) is 44.1 Å². The third-order valence-electron chi connectivity index (χ3n) is 6.18. The Labute approximate surface area is 140 Å². The van der Waals surface area contributed by atoms with Crippen LogP contribution in [-0.2, 0) is 9.59 Å². The number of likely N-dealkylation sites (N-methyl/N-ethyl adjacent to an activating group) is 1. The standard InChI is InChI=1S/C18H31N3O2/c1-14-12-15(13-14)17(23)20-8-6-18(7-9-20)5-4-16(22)21(18)11-10-19(2)3/h14-15H,4-13H2,1-3H3. The molecule has 3 fully saturated rings. The molecule has 2 amide bonds. The number of hydrogen-bond donors (Lipinski definition) is 0. The minimum atomic E-state index is 0.0246. The molecule has 5 nitrogen and oxygen atoms in total. The highest BCUT2D eigenvalue weighted by atomic mass is 16.2. The zero-order valence-corrected chi connectivity index (χ0v) is 14.9. The van der Waals surface area contributed by atoms with Gasteiger partial charge in [-0.2, -0.15) is 0 Å². The summed E-state index contributed by atoms with van der Waals surface area (Å²) in [5.74, 6) is 1.66. The van der Waals surface area contributed by atoms with Crippen molar-refractivity contribution in [1.29, 1.82) is 0 Å². The third kappa shape index (κ3) is 3.25. The van der Waals surface area contributed by atoms with Crippen LogP contribution < -0.4 is 0 Å². The second-order valence-electron chi connectivity index (χ2n) is 8.17. The van der Waals surface area contributed by atoms with Crippen LogP contribution in [0.4, 0.5) is 0 Å². The van der Waals surface area contributed by atoms with Gasteiger partial charge in [0.2, 0.25) is 11.8 Å². The molecular formula is C18H31N3O2. The van der Waals surface area contributed by atoms with Crippen molar-refractivity contribution in [1.82, 2.24) is 14.7 Å². The van der Waals surface area contributed by atoms with Crippen molar-refractivity contribution in [2.24, 2.45) is 11.8 Å². The Morgan fingerprint density at radius 1 is 1.22 bits per heavy atom. The first kappa shape index (κ1) is 16.7. The lowest BCUT2D eigenvalue weighted by Crippen LogP contribution is -2.56. The number of likely N-dealkylation sites (tertiary alicyclic amines) is 2. The van der Waals surface area contributed by atoms with E-state index in [9.17, 15) is 9.59 Å². The lowest BCUT2D eigenvalue weighted by molar-refractivity contribution is -0.143. The van der Waals surface area contributed by atoms with Crippen LogP contribution in [0.5, 0.6) is 0 Å². The molecule has 5 heteroatoms. The SMILES string of the molecule is CC1CC(C(=O)N2CCC3(CCC(=O)N3CCN(C)C)CC2)C1. The maximum Gasteiger partial charge on any atom is 0.225 e. The summed E-state index contributed by atoms with van der Waals surface area (Å²) in [5.41, 5.74) is 0.0246.